The van der Waals surface area contributed by atoms with Crippen molar-refractivity contribution in [3.05, 3.63) is 41.5 Å². The van der Waals surface area contributed by atoms with Crippen LogP contribution in [0.4, 0.5) is 0 Å². The van der Waals surface area contributed by atoms with Crippen molar-refractivity contribution in [1.29, 1.82) is 10.5 Å². The summed E-state index contributed by atoms with van der Waals surface area (Å²) in [7, 11) is 0. The molecule has 62 valence electrons. The van der Waals surface area contributed by atoms with Gasteiger partial charge >= 0.3 is 0 Å². The fourth-order valence-corrected chi connectivity index (χ4v) is 0.921. The van der Waals surface area contributed by atoms with Crippen LogP contribution in [0.1, 0.15) is 11.1 Å². The van der Waals surface area contributed by atoms with E-state index in [1.807, 2.05) is 12.1 Å². The maximum atomic E-state index is 8.60. The van der Waals surface area contributed by atoms with Crippen LogP contribution in [0.15, 0.2) is 30.3 Å². The number of allylic oxidation sites excluding steroid dienone is 1. The van der Waals surface area contributed by atoms with Crippen LogP contribution in [-0.4, -0.2) is 0 Å². The molecule has 13 heavy (non-hydrogen) atoms. The third kappa shape index (κ3) is 2.08. The van der Waals surface area contributed by atoms with Crippen LogP contribution in [-0.2, 0) is 0 Å². The molecule has 3 heteroatoms. The van der Waals surface area contributed by atoms with Crippen molar-refractivity contribution in [3.8, 4) is 12.1 Å². The van der Waals surface area contributed by atoms with Crippen LogP contribution in [0.25, 0.3) is 5.70 Å². The Morgan fingerprint density at radius 2 is 2.15 bits per heavy atom. The predicted molar refractivity (Wildman–Crippen MR) is 48.9 cm³/mol. The molecule has 0 fully saturated rings. The fourth-order valence-electron chi connectivity index (χ4n) is 0.921. The summed E-state index contributed by atoms with van der Waals surface area (Å²) in [5, 5.41) is 17.0. The van der Waals surface area contributed by atoms with Gasteiger partial charge in [0, 0.05) is 11.8 Å². The van der Waals surface area contributed by atoms with E-state index < -0.39 is 0 Å². The summed E-state index contributed by atoms with van der Waals surface area (Å²) in [4.78, 5) is 0. The molecule has 0 saturated carbocycles. The van der Waals surface area contributed by atoms with Gasteiger partial charge in [0.05, 0.1) is 17.7 Å². The van der Waals surface area contributed by atoms with Gasteiger partial charge in [0.25, 0.3) is 0 Å². The molecule has 0 heterocycles. The van der Waals surface area contributed by atoms with E-state index >= 15 is 0 Å². The van der Waals surface area contributed by atoms with Crippen LogP contribution < -0.4 is 5.73 Å². The zero-order chi connectivity index (χ0) is 9.68. The molecular formula is C10H7N3. The highest BCUT2D eigenvalue weighted by atomic mass is 14.6. The molecule has 0 bridgehead atoms. The molecule has 2 N–H and O–H groups in total. The van der Waals surface area contributed by atoms with Gasteiger partial charge in [-0.1, -0.05) is 12.1 Å². The molecule has 0 unspecified atom stereocenters. The minimum absolute atomic E-state index is 0.375. The summed E-state index contributed by atoms with van der Waals surface area (Å²) in [6, 6.07) is 10.6. The molecule has 0 aliphatic carbocycles. The third-order valence-corrected chi connectivity index (χ3v) is 1.55. The van der Waals surface area contributed by atoms with Crippen molar-refractivity contribution in [3.63, 3.8) is 0 Å². The Hall–Kier alpha value is -2.26. The van der Waals surface area contributed by atoms with Crippen LogP contribution in [0.2, 0.25) is 0 Å². The van der Waals surface area contributed by atoms with Gasteiger partial charge in [0.2, 0.25) is 0 Å². The maximum Gasteiger partial charge on any atom is 0.0991 e. The Kier molecular flexibility index (Phi) is 2.68. The highest BCUT2D eigenvalue weighted by molar-refractivity contribution is 5.65. The smallest absolute Gasteiger partial charge is 0.0991 e. The fraction of sp³-hybridized carbons (Fsp3) is 0. The van der Waals surface area contributed by atoms with E-state index in [0.29, 0.717) is 16.8 Å². The zero-order valence-corrected chi connectivity index (χ0v) is 6.86. The lowest BCUT2D eigenvalue weighted by atomic mass is 10.1. The Bertz CT molecular complexity index is 419. The van der Waals surface area contributed by atoms with Gasteiger partial charge in [-0.2, -0.15) is 10.5 Å². The first-order valence-corrected chi connectivity index (χ1v) is 3.63. The summed E-state index contributed by atoms with van der Waals surface area (Å²) in [6.45, 7) is 0. The number of nitrogens with zero attached hydrogens (tertiary/aromatic N) is 2. The van der Waals surface area contributed by atoms with Crippen LogP contribution >= 0.6 is 0 Å². The lowest BCUT2D eigenvalue weighted by Gasteiger charge is -1.98. The molecule has 1 rings (SSSR count). The molecule has 0 spiro atoms. The first-order valence-electron chi connectivity index (χ1n) is 3.63. The van der Waals surface area contributed by atoms with Gasteiger partial charge in [-0.15, -0.1) is 0 Å². The average Bonchev–Trinajstić information content (AvgIpc) is 2.18. The van der Waals surface area contributed by atoms with Gasteiger partial charge in [-0.05, 0) is 17.7 Å². The molecule has 0 aliphatic rings. The van der Waals surface area contributed by atoms with Gasteiger partial charge < -0.3 is 5.73 Å². The van der Waals surface area contributed by atoms with E-state index in [-0.39, 0.29) is 0 Å². The Morgan fingerprint density at radius 1 is 1.38 bits per heavy atom. The molecule has 0 saturated heterocycles. The van der Waals surface area contributed by atoms with Crippen LogP contribution in [0.3, 0.4) is 0 Å². The second-order valence-electron chi connectivity index (χ2n) is 2.42. The van der Waals surface area contributed by atoms with Crippen LogP contribution in [0, 0.1) is 22.7 Å². The topological polar surface area (TPSA) is 73.6 Å². The minimum Gasteiger partial charge on any atom is -0.398 e. The number of nitriles is 2. The molecule has 0 aromatic heterocycles. The summed E-state index contributed by atoms with van der Waals surface area (Å²) >= 11 is 0. The van der Waals surface area contributed by atoms with Crippen molar-refractivity contribution >= 4 is 5.70 Å². The van der Waals surface area contributed by atoms with Crippen molar-refractivity contribution < 1.29 is 0 Å². The minimum atomic E-state index is 0.375. The van der Waals surface area contributed by atoms with E-state index in [1.165, 1.54) is 6.08 Å². The Labute approximate surface area is 76.3 Å². The highest BCUT2D eigenvalue weighted by Crippen LogP contribution is 2.10. The highest BCUT2D eigenvalue weighted by Gasteiger charge is 1.96. The quantitative estimate of drug-likeness (QED) is 0.645. The number of hydrogen-bond acceptors (Lipinski definition) is 3. The molecule has 1 aromatic rings. The summed E-state index contributed by atoms with van der Waals surface area (Å²) in [5.41, 5.74) is 7.16. The first kappa shape index (κ1) is 8.83. The SMILES string of the molecule is N#C/C=C(\N)c1cccc(C#N)c1. The monoisotopic (exact) mass is 169 g/mol. The normalized spacial score (nSPS) is 10.2. The largest absolute Gasteiger partial charge is 0.398 e. The van der Waals surface area contributed by atoms with E-state index in [9.17, 15) is 0 Å². The lowest BCUT2D eigenvalue weighted by Crippen LogP contribution is -1.95. The molecule has 0 amide bonds. The van der Waals surface area contributed by atoms with Crippen molar-refractivity contribution in [2.75, 3.05) is 0 Å². The van der Waals surface area contributed by atoms with Gasteiger partial charge in [0.1, 0.15) is 0 Å². The van der Waals surface area contributed by atoms with Gasteiger partial charge in [-0.25, -0.2) is 0 Å². The lowest BCUT2D eigenvalue weighted by molar-refractivity contribution is 1.45. The number of hydrogen-bond donors (Lipinski definition) is 1. The molecule has 0 radical (unpaired) electrons. The molecule has 1 aromatic carbocycles. The standard InChI is InChI=1S/C10H7N3/c11-5-4-10(13)9-3-1-2-8(6-9)7-12/h1-4,6H,13H2/b10-4-. The molecular weight excluding hydrogens is 162 g/mol. The van der Waals surface area contributed by atoms with E-state index in [4.69, 9.17) is 16.3 Å². The van der Waals surface area contributed by atoms with E-state index in [2.05, 4.69) is 0 Å². The van der Waals surface area contributed by atoms with Crippen LogP contribution in [0.5, 0.6) is 0 Å². The average molecular weight is 169 g/mol. The Balaban J connectivity index is 3.12. The molecule has 0 atom stereocenters. The third-order valence-electron chi connectivity index (χ3n) is 1.55. The summed E-state index contributed by atoms with van der Waals surface area (Å²) < 4.78 is 0. The van der Waals surface area contributed by atoms with E-state index in [0.717, 1.165) is 0 Å². The molecule has 0 aliphatic heterocycles. The second kappa shape index (κ2) is 3.94. The molecule has 3 nitrogen and oxygen atoms in total. The van der Waals surface area contributed by atoms with Crippen molar-refractivity contribution in [2.45, 2.75) is 0 Å². The first-order chi connectivity index (χ1) is 6.27. The van der Waals surface area contributed by atoms with E-state index in [1.54, 1.807) is 24.3 Å². The number of benzene rings is 1. The van der Waals surface area contributed by atoms with Gasteiger partial charge in [-0.3, -0.25) is 0 Å². The maximum absolute atomic E-state index is 8.60. The number of nitrogens with two attached hydrogens (primary N) is 1. The van der Waals surface area contributed by atoms with Crippen molar-refractivity contribution in [1.82, 2.24) is 0 Å². The van der Waals surface area contributed by atoms with Gasteiger partial charge in [0.15, 0.2) is 0 Å². The Morgan fingerprint density at radius 3 is 2.77 bits per heavy atom. The zero-order valence-electron chi connectivity index (χ0n) is 6.86. The summed E-state index contributed by atoms with van der Waals surface area (Å²) in [6.07, 6.45) is 1.25. The van der Waals surface area contributed by atoms with Crippen molar-refractivity contribution in [2.24, 2.45) is 5.73 Å². The summed E-state index contributed by atoms with van der Waals surface area (Å²) in [5.74, 6) is 0. The second-order valence-corrected chi connectivity index (χ2v) is 2.42. The predicted octanol–water partition coefficient (Wildman–Crippen LogP) is 1.38. The number of rotatable bonds is 1.